The summed E-state index contributed by atoms with van der Waals surface area (Å²) in [5, 5.41) is 21.8. The number of nitrogens with zero attached hydrogens (tertiary/aromatic N) is 4. The Morgan fingerprint density at radius 1 is 1.00 bits per heavy atom. The van der Waals surface area contributed by atoms with Gasteiger partial charge in [-0.05, 0) is 29.9 Å². The monoisotopic (exact) mass is 560 g/mol. The maximum atomic E-state index is 13.6. The van der Waals surface area contributed by atoms with Gasteiger partial charge in [-0.1, -0.05) is 86.1 Å². The van der Waals surface area contributed by atoms with E-state index in [0.29, 0.717) is 25.1 Å². The van der Waals surface area contributed by atoms with Gasteiger partial charge in [0.25, 0.3) is 0 Å². The maximum absolute atomic E-state index is 13.6. The van der Waals surface area contributed by atoms with E-state index in [1.165, 1.54) is 0 Å². The van der Waals surface area contributed by atoms with Crippen LogP contribution in [0.15, 0.2) is 60.7 Å². The number of H-pyrrole nitrogens is 1. The van der Waals surface area contributed by atoms with E-state index in [0.717, 1.165) is 11.1 Å². The minimum Gasteiger partial charge on any atom is -0.347 e. The Labute approximate surface area is 238 Å². The van der Waals surface area contributed by atoms with Crippen LogP contribution in [0.5, 0.6) is 0 Å². The molecule has 0 saturated carbocycles. The van der Waals surface area contributed by atoms with Crippen molar-refractivity contribution >= 4 is 23.6 Å². The normalized spacial score (nSPS) is 17.9. The van der Waals surface area contributed by atoms with Crippen LogP contribution in [0, 0.1) is 5.92 Å². The summed E-state index contributed by atoms with van der Waals surface area (Å²) >= 11 is 0. The Morgan fingerprint density at radius 2 is 1.71 bits per heavy atom. The van der Waals surface area contributed by atoms with Crippen molar-refractivity contribution in [2.24, 2.45) is 5.92 Å². The van der Waals surface area contributed by atoms with E-state index < -0.39 is 18.0 Å². The Kier molecular flexibility index (Phi) is 10.1. The SMILES string of the molecule is CC[C@H](C)[C@H](NC(=O)Cc1ccccc1)C(=O)NCC(=O)N1C(C(=O)NCc2nn[nH]n2)CCC1c1ccccc1. The molecule has 2 unspecified atom stereocenters. The van der Waals surface area contributed by atoms with Crippen LogP contribution in [0.1, 0.15) is 56.1 Å². The Balaban J connectivity index is 1.43. The molecule has 4 atom stereocenters. The van der Waals surface area contributed by atoms with Crippen LogP contribution in [-0.4, -0.2) is 67.8 Å². The number of likely N-dealkylation sites (tertiary alicyclic amines) is 1. The van der Waals surface area contributed by atoms with Crippen molar-refractivity contribution in [1.29, 1.82) is 0 Å². The lowest BCUT2D eigenvalue weighted by Gasteiger charge is -2.31. The van der Waals surface area contributed by atoms with Gasteiger partial charge in [0.05, 0.1) is 25.6 Å². The minimum absolute atomic E-state index is 0.0693. The molecule has 41 heavy (non-hydrogen) atoms. The second-order valence-corrected chi connectivity index (χ2v) is 10.2. The average Bonchev–Trinajstić information content (AvgIpc) is 3.68. The first-order chi connectivity index (χ1) is 19.9. The molecule has 3 aromatic rings. The molecule has 1 saturated heterocycles. The highest BCUT2D eigenvalue weighted by Crippen LogP contribution is 2.36. The minimum atomic E-state index is -0.804. The number of benzene rings is 2. The Bertz CT molecular complexity index is 1300. The van der Waals surface area contributed by atoms with Crippen molar-refractivity contribution in [3.63, 3.8) is 0 Å². The first-order valence-electron chi connectivity index (χ1n) is 13.8. The van der Waals surface area contributed by atoms with Gasteiger partial charge >= 0.3 is 0 Å². The van der Waals surface area contributed by atoms with Crippen molar-refractivity contribution in [3.05, 3.63) is 77.6 Å². The second kappa shape index (κ2) is 14.1. The van der Waals surface area contributed by atoms with Gasteiger partial charge in [-0.3, -0.25) is 19.2 Å². The average molecular weight is 561 g/mol. The number of aromatic amines is 1. The molecule has 1 aliphatic rings. The van der Waals surface area contributed by atoms with Crippen molar-refractivity contribution in [1.82, 2.24) is 41.5 Å². The van der Waals surface area contributed by atoms with Gasteiger partial charge in [0.1, 0.15) is 12.1 Å². The van der Waals surface area contributed by atoms with Crippen LogP contribution in [-0.2, 0) is 32.1 Å². The third-order valence-electron chi connectivity index (χ3n) is 7.40. The molecule has 2 aromatic carbocycles. The second-order valence-electron chi connectivity index (χ2n) is 10.2. The van der Waals surface area contributed by atoms with E-state index in [1.54, 1.807) is 4.90 Å². The maximum Gasteiger partial charge on any atom is 0.243 e. The van der Waals surface area contributed by atoms with Crippen LogP contribution < -0.4 is 16.0 Å². The molecule has 4 rings (SSSR count). The number of hydrogen-bond acceptors (Lipinski definition) is 7. The molecule has 0 radical (unpaired) electrons. The molecular weight excluding hydrogens is 524 g/mol. The molecule has 12 heteroatoms. The molecule has 12 nitrogen and oxygen atoms in total. The molecule has 1 aromatic heterocycles. The van der Waals surface area contributed by atoms with Crippen LogP contribution in [0.4, 0.5) is 0 Å². The van der Waals surface area contributed by atoms with Crippen molar-refractivity contribution in [3.8, 4) is 0 Å². The summed E-state index contributed by atoms with van der Waals surface area (Å²) in [6, 6.07) is 16.9. The van der Waals surface area contributed by atoms with Gasteiger partial charge in [-0.2, -0.15) is 5.21 Å². The van der Waals surface area contributed by atoms with Gasteiger partial charge in [0, 0.05) is 0 Å². The molecule has 1 fully saturated rings. The lowest BCUT2D eigenvalue weighted by Crippen LogP contribution is -2.54. The molecule has 0 bridgehead atoms. The molecule has 0 spiro atoms. The highest BCUT2D eigenvalue weighted by atomic mass is 16.2. The zero-order chi connectivity index (χ0) is 29.2. The number of carbonyl (C=O) groups excluding carboxylic acids is 4. The van der Waals surface area contributed by atoms with Crippen LogP contribution >= 0.6 is 0 Å². The fourth-order valence-corrected chi connectivity index (χ4v) is 5.03. The van der Waals surface area contributed by atoms with Crippen molar-refractivity contribution in [2.45, 2.75) is 64.2 Å². The summed E-state index contributed by atoms with van der Waals surface area (Å²) in [4.78, 5) is 54.3. The molecular formula is C29H36N8O4. The largest absolute Gasteiger partial charge is 0.347 e. The third-order valence-corrected chi connectivity index (χ3v) is 7.40. The zero-order valence-electron chi connectivity index (χ0n) is 23.2. The smallest absolute Gasteiger partial charge is 0.243 e. The Hall–Kier alpha value is -4.61. The molecule has 4 N–H and O–H groups in total. The highest BCUT2D eigenvalue weighted by molar-refractivity contribution is 5.93. The molecule has 1 aliphatic heterocycles. The number of tetrazole rings is 1. The summed E-state index contributed by atoms with van der Waals surface area (Å²) < 4.78 is 0. The number of aromatic nitrogens is 4. The van der Waals surface area contributed by atoms with E-state index >= 15 is 0 Å². The first kappa shape index (κ1) is 29.4. The quantitative estimate of drug-likeness (QED) is 0.260. The van der Waals surface area contributed by atoms with Crippen molar-refractivity contribution < 1.29 is 19.2 Å². The number of nitrogens with one attached hydrogen (secondary N) is 4. The van der Waals surface area contributed by atoms with E-state index in [1.807, 2.05) is 74.5 Å². The molecule has 0 aliphatic carbocycles. The third kappa shape index (κ3) is 7.74. The van der Waals surface area contributed by atoms with Gasteiger partial charge in [0.2, 0.25) is 23.6 Å². The van der Waals surface area contributed by atoms with Gasteiger partial charge in [-0.15, -0.1) is 10.2 Å². The molecule has 4 amide bonds. The van der Waals surface area contributed by atoms with Gasteiger partial charge in [-0.25, -0.2) is 0 Å². The van der Waals surface area contributed by atoms with E-state index in [4.69, 9.17) is 0 Å². The summed E-state index contributed by atoms with van der Waals surface area (Å²) in [5.74, 6) is -1.27. The van der Waals surface area contributed by atoms with Gasteiger partial charge < -0.3 is 20.9 Å². The molecule has 216 valence electrons. The summed E-state index contributed by atoms with van der Waals surface area (Å²) in [6.45, 7) is 3.58. The number of amides is 4. The van der Waals surface area contributed by atoms with E-state index in [9.17, 15) is 19.2 Å². The van der Waals surface area contributed by atoms with E-state index in [2.05, 4.69) is 36.6 Å². The number of rotatable bonds is 12. The fraction of sp³-hybridized carbons (Fsp3) is 0.414. The summed E-state index contributed by atoms with van der Waals surface area (Å²) in [7, 11) is 0. The Morgan fingerprint density at radius 3 is 2.37 bits per heavy atom. The fourth-order valence-electron chi connectivity index (χ4n) is 5.03. The summed E-state index contributed by atoms with van der Waals surface area (Å²) in [5.41, 5.74) is 1.75. The van der Waals surface area contributed by atoms with Gasteiger partial charge in [0.15, 0.2) is 5.82 Å². The van der Waals surface area contributed by atoms with Crippen molar-refractivity contribution in [2.75, 3.05) is 6.54 Å². The molecule has 2 heterocycles. The topological polar surface area (TPSA) is 162 Å². The standard InChI is InChI=1S/C29H36N8O4/c1-3-19(2)27(32-25(38)16-20-10-6-4-7-11-20)29(41)31-18-26(39)37-22(21-12-8-5-9-13-21)14-15-23(37)28(40)30-17-24-33-35-36-34-24/h4-13,19,22-23,27H,3,14-18H2,1-2H3,(H,30,40)(H,31,41)(H,32,38)(H,33,34,35,36)/t19-,22?,23?,27-/m0/s1. The first-order valence-corrected chi connectivity index (χ1v) is 13.8. The predicted octanol–water partition coefficient (Wildman–Crippen LogP) is 1.44. The number of carbonyl (C=O) groups is 4. The highest BCUT2D eigenvalue weighted by Gasteiger charge is 2.41. The lowest BCUT2D eigenvalue weighted by atomic mass is 9.98. The number of hydrogen-bond donors (Lipinski definition) is 4. The predicted molar refractivity (Wildman–Crippen MR) is 150 cm³/mol. The van der Waals surface area contributed by atoms with E-state index in [-0.39, 0.29) is 49.2 Å². The zero-order valence-corrected chi connectivity index (χ0v) is 23.2. The summed E-state index contributed by atoms with van der Waals surface area (Å²) in [6.07, 6.45) is 1.85. The lowest BCUT2D eigenvalue weighted by molar-refractivity contribution is -0.141. The van der Waals surface area contributed by atoms with Crippen LogP contribution in [0.3, 0.4) is 0 Å². The van der Waals surface area contributed by atoms with Crippen LogP contribution in [0.2, 0.25) is 0 Å². The van der Waals surface area contributed by atoms with Crippen LogP contribution in [0.25, 0.3) is 0 Å².